The predicted molar refractivity (Wildman–Crippen MR) is 182 cm³/mol. The van der Waals surface area contributed by atoms with Crippen LogP contribution in [0.25, 0.3) is 19.9 Å². The molecule has 2 aliphatic carbocycles. The van der Waals surface area contributed by atoms with E-state index in [1.807, 2.05) is 32.1 Å². The molecule has 0 aliphatic heterocycles. The third-order valence-electron chi connectivity index (χ3n) is 3.74. The molecule has 9 heteroatoms. The summed E-state index contributed by atoms with van der Waals surface area (Å²) in [6.07, 6.45) is 18.5. The summed E-state index contributed by atoms with van der Waals surface area (Å²) in [7, 11) is -3.45. The molecule has 1 saturated carbocycles. The van der Waals surface area contributed by atoms with E-state index in [0.717, 1.165) is 0 Å². The summed E-state index contributed by atoms with van der Waals surface area (Å²) in [6.45, 7) is 34.5. The van der Waals surface area contributed by atoms with E-state index < -0.39 is 16.8 Å². The third kappa shape index (κ3) is 39.3. The molecule has 0 amide bonds. The smallest absolute Gasteiger partial charge is 0 e. The van der Waals surface area contributed by atoms with E-state index in [9.17, 15) is 0 Å². The van der Waals surface area contributed by atoms with Crippen molar-refractivity contribution in [1.82, 2.24) is 0 Å². The van der Waals surface area contributed by atoms with E-state index in [4.69, 9.17) is 19.9 Å². The van der Waals surface area contributed by atoms with Gasteiger partial charge in [-0.15, -0.1) is 48.3 Å². The molecule has 39 heavy (non-hydrogen) atoms. The Bertz CT molecular complexity index is 573. The van der Waals surface area contributed by atoms with Gasteiger partial charge in [0.25, 0.3) is 0 Å². The average Bonchev–Trinajstić information content (AvgIpc) is 3.21. The van der Waals surface area contributed by atoms with Crippen LogP contribution in [-0.4, -0.2) is 73.1 Å². The Morgan fingerprint density at radius 1 is 0.487 bits per heavy atom. The molecule has 0 unspecified atom stereocenters. The second kappa shape index (κ2) is 20.3. The van der Waals surface area contributed by atoms with E-state index in [-0.39, 0.29) is 56.2 Å². The van der Waals surface area contributed by atoms with Crippen molar-refractivity contribution >= 4 is 50.9 Å². The molecule has 0 aromatic carbocycles. The number of hydrogen-bond donors (Lipinski definition) is 0. The van der Waals surface area contributed by atoms with Gasteiger partial charge in [0, 0.05) is 34.1 Å². The number of nitrogens with zero attached hydrogens (tertiary/aromatic N) is 4. The van der Waals surface area contributed by atoms with E-state index in [1.165, 1.54) is 0 Å². The molecule has 0 saturated heterocycles. The molecule has 2 rings (SSSR count). The molecule has 0 spiro atoms. The van der Waals surface area contributed by atoms with Gasteiger partial charge in [-0.25, -0.2) is 0 Å². The minimum atomic E-state index is -1.72. The van der Waals surface area contributed by atoms with Crippen LogP contribution < -0.4 is 0 Å². The van der Waals surface area contributed by atoms with Crippen molar-refractivity contribution in [1.29, 1.82) is 0 Å². The Morgan fingerprint density at radius 3 is 0.769 bits per heavy atom. The Labute approximate surface area is 278 Å². The quantitative estimate of drug-likeness (QED) is 0.259. The van der Waals surface area contributed by atoms with Crippen LogP contribution in [0.1, 0.15) is 83.1 Å². The zero-order valence-electron chi connectivity index (χ0n) is 27.9. The van der Waals surface area contributed by atoms with E-state index in [0.29, 0.717) is 4.75 Å². The second-order valence-corrected chi connectivity index (χ2v) is 22.6. The first-order valence-electron chi connectivity index (χ1n) is 13.4. The number of hydrogen-bond acceptors (Lipinski definition) is 0. The van der Waals surface area contributed by atoms with Crippen molar-refractivity contribution in [2.45, 2.75) is 136 Å². The largest absolute Gasteiger partial charge is 0 e. The molecule has 0 N–H and O–H groups in total. The molecule has 0 bridgehead atoms. The van der Waals surface area contributed by atoms with Gasteiger partial charge in [-0.1, -0.05) is 83.1 Å². The predicted octanol–water partition coefficient (Wildman–Crippen LogP) is 9.77. The Morgan fingerprint density at radius 2 is 0.667 bits per heavy atom. The fourth-order valence-electron chi connectivity index (χ4n) is 4.09. The van der Waals surface area contributed by atoms with Crippen molar-refractivity contribution in [2.24, 2.45) is 0 Å². The number of rotatable bonds is 4. The summed E-state index contributed by atoms with van der Waals surface area (Å²) in [4.78, 5) is 19.2. The van der Waals surface area contributed by atoms with E-state index in [2.05, 4.69) is 150 Å². The molecule has 228 valence electrons. The number of allylic oxidation sites excluding steroid dienone is 4. The van der Waals surface area contributed by atoms with Crippen LogP contribution in [0, 0.1) is 32.1 Å². The van der Waals surface area contributed by atoms with Gasteiger partial charge in [-0.2, -0.15) is 16.8 Å². The van der Waals surface area contributed by atoms with Crippen molar-refractivity contribution < 1.29 is 16.5 Å². The van der Waals surface area contributed by atoms with Crippen molar-refractivity contribution in [3.05, 3.63) is 76.3 Å². The summed E-state index contributed by atoms with van der Waals surface area (Å²) in [5.41, 5.74) is 0.184. The van der Waals surface area contributed by atoms with Crippen molar-refractivity contribution in [3.8, 4) is 0 Å². The molecule has 0 aromatic rings. The van der Waals surface area contributed by atoms with Crippen molar-refractivity contribution in [3.63, 3.8) is 0 Å². The fourth-order valence-corrected chi connectivity index (χ4v) is 11.2. The topological polar surface area (TPSA) is 56.4 Å². The third-order valence-corrected chi connectivity index (χ3v) is 9.42. The summed E-state index contributed by atoms with van der Waals surface area (Å²) >= 11 is 2.17. The van der Waals surface area contributed by atoms with Crippen LogP contribution in [-0.2, 0) is 16.5 Å². The molecule has 0 atom stereocenters. The van der Waals surface area contributed by atoms with E-state index in [1.54, 1.807) is 0 Å². The molecule has 1 fully saturated rings. The van der Waals surface area contributed by atoms with Gasteiger partial charge >= 0.3 is 45.6 Å². The zero-order valence-corrected chi connectivity index (χ0v) is 35.1. The van der Waals surface area contributed by atoms with Gasteiger partial charge in [0.05, 0.1) is 0 Å². The van der Waals surface area contributed by atoms with Gasteiger partial charge in [0.15, 0.2) is 0 Å². The molecule has 0 aromatic heterocycles. The standard InChI is InChI=1S/2C10H24N2Si.C5H5Ge.C5H5.Ge.Ni/c2*1-9(2,3)11-13(7,8)12-10(4,5)6;6-5-3-1-2-4-5;1-2-4-5-3-1;;/h2*1-8H3;1-5H;1-5H;;/q2*-2;;;;. The van der Waals surface area contributed by atoms with Crippen LogP contribution in [0.5, 0.6) is 0 Å². The minimum Gasteiger partial charge on any atom is 0 e. The molecular formula is C30H58Ge2N4NiSi2-4. The van der Waals surface area contributed by atoms with Gasteiger partial charge < -0.3 is 19.9 Å². The monoisotopic (exact) mass is 736 g/mol. The molecule has 2 aliphatic rings. The van der Waals surface area contributed by atoms with E-state index >= 15 is 0 Å². The van der Waals surface area contributed by atoms with Gasteiger partial charge in [0.1, 0.15) is 0 Å². The Hall–Kier alpha value is 1.33. The van der Waals surface area contributed by atoms with Crippen LogP contribution in [0.2, 0.25) is 30.9 Å². The summed E-state index contributed by atoms with van der Waals surface area (Å²) in [6, 6.07) is 0. The van der Waals surface area contributed by atoms with Crippen LogP contribution in [0.4, 0.5) is 0 Å². The summed E-state index contributed by atoms with van der Waals surface area (Å²) < 4.78 is 0.685. The summed E-state index contributed by atoms with van der Waals surface area (Å²) in [5.74, 6) is 0. The first-order chi connectivity index (χ1) is 16.2. The minimum absolute atomic E-state index is 0. The fraction of sp³-hybridized carbons (Fsp3) is 0.700. The maximum atomic E-state index is 4.80. The molecule has 0 heterocycles. The average molecular weight is 735 g/mol. The molecular weight excluding hydrogens is 676 g/mol. The Kier molecular flexibility index (Phi) is 24.6. The molecule has 12 radical (unpaired) electrons. The maximum absolute atomic E-state index is 4.80. The first-order valence-corrected chi connectivity index (χ1v) is 20.4. The summed E-state index contributed by atoms with van der Waals surface area (Å²) in [5, 5.41) is 0. The van der Waals surface area contributed by atoms with Crippen LogP contribution in [0.15, 0.2) is 24.3 Å². The van der Waals surface area contributed by atoms with Crippen molar-refractivity contribution in [2.75, 3.05) is 0 Å². The normalized spacial score (nSPS) is 16.0. The van der Waals surface area contributed by atoms with Gasteiger partial charge in [-0.3, -0.25) is 0 Å². The second-order valence-electron chi connectivity index (χ2n) is 14.4. The first kappa shape index (κ1) is 47.3. The SMILES string of the molecule is CC(C)(C)[N-][Si](C)(C)[N-]C(C)(C)C.CC(C)(C)[N-][Si](C)(C)[N-]C(C)(C)C.[CH]1[CH][CH][CH][CH]1.[Ge].[Ge][CH]1C=CC=C1.[Ni]. The van der Waals surface area contributed by atoms with Gasteiger partial charge in [-0.05, 0) is 32.1 Å². The molecule has 4 nitrogen and oxygen atoms in total. The van der Waals surface area contributed by atoms with Crippen LogP contribution >= 0.6 is 0 Å². The van der Waals surface area contributed by atoms with Gasteiger partial charge in [0.2, 0.25) is 0 Å². The van der Waals surface area contributed by atoms with Crippen LogP contribution in [0.3, 0.4) is 0 Å². The maximum Gasteiger partial charge on any atom is 0 e. The Balaban J connectivity index is -0.000000219. The zero-order chi connectivity index (χ0) is 29.8.